The zero-order chi connectivity index (χ0) is 14.3. The number of ether oxygens (including phenoxy) is 1. The van der Waals surface area contributed by atoms with Gasteiger partial charge in [-0.25, -0.2) is 4.79 Å². The summed E-state index contributed by atoms with van der Waals surface area (Å²) in [7, 11) is 0. The van der Waals surface area contributed by atoms with E-state index in [4.69, 9.17) is 4.74 Å². The molecule has 0 aromatic carbocycles. The summed E-state index contributed by atoms with van der Waals surface area (Å²) in [5.74, 6) is 0.741. The van der Waals surface area contributed by atoms with Gasteiger partial charge in [0, 0.05) is 23.0 Å². The third kappa shape index (κ3) is 2.02. The van der Waals surface area contributed by atoms with E-state index in [0.717, 1.165) is 37.7 Å². The second-order valence-electron chi connectivity index (χ2n) is 6.57. The van der Waals surface area contributed by atoms with Crippen LogP contribution in [0.2, 0.25) is 0 Å². The van der Waals surface area contributed by atoms with E-state index >= 15 is 0 Å². The minimum absolute atomic E-state index is 0.0178. The van der Waals surface area contributed by atoms with E-state index in [-0.39, 0.29) is 29.7 Å². The quantitative estimate of drug-likeness (QED) is 0.571. The summed E-state index contributed by atoms with van der Waals surface area (Å²) in [4.78, 5) is 24.7. The van der Waals surface area contributed by atoms with Crippen LogP contribution in [0.1, 0.15) is 58.8 Å². The number of Topliss-reactive ketones (excluding diaryl/α,β-unsaturated/α-hetero) is 1. The number of ketones is 1. The van der Waals surface area contributed by atoms with Crippen molar-refractivity contribution in [3.8, 4) is 0 Å². The molecule has 3 aliphatic rings. The molecule has 0 radical (unpaired) electrons. The molecule has 3 heteroatoms. The molecule has 1 aliphatic heterocycles. The molecule has 20 heavy (non-hydrogen) atoms. The largest absolute Gasteiger partial charge is 0.458 e. The Balaban J connectivity index is 1.85. The fourth-order valence-corrected chi connectivity index (χ4v) is 4.32. The molecule has 0 amide bonds. The second-order valence-corrected chi connectivity index (χ2v) is 6.57. The van der Waals surface area contributed by atoms with Crippen molar-refractivity contribution in [1.82, 2.24) is 0 Å². The Labute approximate surface area is 120 Å². The molecule has 0 aromatic heterocycles. The maximum absolute atomic E-state index is 12.5. The van der Waals surface area contributed by atoms with Crippen molar-refractivity contribution < 1.29 is 14.3 Å². The summed E-state index contributed by atoms with van der Waals surface area (Å²) >= 11 is 0. The normalized spacial score (nSPS) is 35.5. The van der Waals surface area contributed by atoms with Gasteiger partial charge in [0.2, 0.25) is 0 Å². The van der Waals surface area contributed by atoms with Crippen LogP contribution >= 0.6 is 0 Å². The molecule has 2 aliphatic carbocycles. The van der Waals surface area contributed by atoms with Crippen molar-refractivity contribution in [2.24, 2.45) is 17.8 Å². The second kappa shape index (κ2) is 5.34. The first-order valence-corrected chi connectivity index (χ1v) is 8.13. The van der Waals surface area contributed by atoms with E-state index in [9.17, 15) is 9.59 Å². The lowest BCUT2D eigenvalue weighted by molar-refractivity contribution is -0.148. The van der Waals surface area contributed by atoms with Gasteiger partial charge in [-0.05, 0) is 31.6 Å². The first-order valence-electron chi connectivity index (χ1n) is 8.13. The lowest BCUT2D eigenvalue weighted by Crippen LogP contribution is -2.32. The minimum atomic E-state index is -0.208. The monoisotopic (exact) mass is 276 g/mol. The number of unbranched alkanes of at least 4 members (excludes halogenated alkanes) is 3. The summed E-state index contributed by atoms with van der Waals surface area (Å²) in [6.45, 7) is 4.20. The summed E-state index contributed by atoms with van der Waals surface area (Å²) in [6, 6.07) is 0. The average molecular weight is 276 g/mol. The Morgan fingerprint density at radius 1 is 1.15 bits per heavy atom. The molecule has 3 rings (SSSR count). The summed E-state index contributed by atoms with van der Waals surface area (Å²) in [5, 5.41) is 0. The summed E-state index contributed by atoms with van der Waals surface area (Å²) in [5.41, 5.74) is 1.57. The number of carbonyl (C=O) groups excluding carboxylic acids is 2. The highest BCUT2D eigenvalue weighted by Crippen LogP contribution is 2.53. The van der Waals surface area contributed by atoms with Crippen molar-refractivity contribution in [3.63, 3.8) is 0 Å². The highest BCUT2D eigenvalue weighted by molar-refractivity contribution is 6.08. The van der Waals surface area contributed by atoms with E-state index < -0.39 is 0 Å². The smallest absolute Gasteiger partial charge is 0.334 e. The van der Waals surface area contributed by atoms with Gasteiger partial charge in [-0.3, -0.25) is 4.79 Å². The van der Waals surface area contributed by atoms with E-state index in [0.29, 0.717) is 11.5 Å². The molecule has 2 saturated carbocycles. The minimum Gasteiger partial charge on any atom is -0.458 e. The van der Waals surface area contributed by atoms with Gasteiger partial charge in [-0.1, -0.05) is 33.1 Å². The van der Waals surface area contributed by atoms with Crippen molar-refractivity contribution >= 4 is 11.8 Å². The predicted molar refractivity (Wildman–Crippen MR) is 76.1 cm³/mol. The van der Waals surface area contributed by atoms with Gasteiger partial charge in [0.25, 0.3) is 0 Å². The Kier molecular flexibility index (Phi) is 3.70. The molecule has 0 aromatic rings. The highest BCUT2D eigenvalue weighted by Gasteiger charge is 2.55. The SMILES string of the molecule is CCCCCCC1=C2C(=O)C(C)[C@@H]3CC[C@H](OC1=O)[C@H]23. The molecule has 0 saturated heterocycles. The van der Waals surface area contributed by atoms with Crippen LogP contribution in [-0.4, -0.2) is 17.9 Å². The van der Waals surface area contributed by atoms with Crippen LogP contribution in [0.3, 0.4) is 0 Å². The molecule has 0 N–H and O–H groups in total. The summed E-state index contributed by atoms with van der Waals surface area (Å²) < 4.78 is 5.61. The molecule has 0 spiro atoms. The first-order chi connectivity index (χ1) is 9.65. The van der Waals surface area contributed by atoms with Crippen LogP contribution in [0, 0.1) is 17.8 Å². The van der Waals surface area contributed by atoms with E-state index in [1.807, 2.05) is 6.92 Å². The van der Waals surface area contributed by atoms with Gasteiger partial charge < -0.3 is 4.74 Å². The maximum Gasteiger partial charge on any atom is 0.334 e. The van der Waals surface area contributed by atoms with Crippen molar-refractivity contribution in [2.45, 2.75) is 64.9 Å². The van der Waals surface area contributed by atoms with Gasteiger partial charge in [-0.2, -0.15) is 0 Å². The lowest BCUT2D eigenvalue weighted by atomic mass is 9.87. The number of hydrogen-bond acceptors (Lipinski definition) is 3. The first kappa shape index (κ1) is 13.8. The number of esters is 1. The molecule has 1 unspecified atom stereocenters. The zero-order valence-electron chi connectivity index (χ0n) is 12.5. The Morgan fingerprint density at radius 2 is 1.95 bits per heavy atom. The topological polar surface area (TPSA) is 43.4 Å². The number of hydrogen-bond donors (Lipinski definition) is 0. The standard InChI is InChI=1S/C17H24O3/c1-3-4-5-6-7-12-15-14-11(10(2)16(15)18)8-9-13(14)20-17(12)19/h10-11,13-14H,3-9H2,1-2H3/t10?,11-,13-,14+/m0/s1. The molecular weight excluding hydrogens is 252 g/mol. The zero-order valence-corrected chi connectivity index (χ0v) is 12.5. The molecular formula is C17H24O3. The van der Waals surface area contributed by atoms with Gasteiger partial charge in [-0.15, -0.1) is 0 Å². The van der Waals surface area contributed by atoms with Crippen LogP contribution in [0.5, 0.6) is 0 Å². The van der Waals surface area contributed by atoms with Crippen LogP contribution < -0.4 is 0 Å². The highest BCUT2D eigenvalue weighted by atomic mass is 16.5. The van der Waals surface area contributed by atoms with Gasteiger partial charge in [0.1, 0.15) is 6.10 Å². The number of rotatable bonds is 5. The fraction of sp³-hybridized carbons (Fsp3) is 0.765. The van der Waals surface area contributed by atoms with Gasteiger partial charge >= 0.3 is 5.97 Å². The Hall–Kier alpha value is -1.12. The van der Waals surface area contributed by atoms with Crippen LogP contribution in [-0.2, 0) is 14.3 Å². The molecule has 110 valence electrons. The van der Waals surface area contributed by atoms with Crippen molar-refractivity contribution in [3.05, 3.63) is 11.1 Å². The maximum atomic E-state index is 12.5. The van der Waals surface area contributed by atoms with E-state index in [1.54, 1.807) is 0 Å². The molecule has 3 nitrogen and oxygen atoms in total. The molecule has 4 atom stereocenters. The van der Waals surface area contributed by atoms with Gasteiger partial charge in [0.05, 0.1) is 0 Å². The van der Waals surface area contributed by atoms with Gasteiger partial charge in [0.15, 0.2) is 5.78 Å². The van der Waals surface area contributed by atoms with Crippen molar-refractivity contribution in [1.29, 1.82) is 0 Å². The molecule has 1 heterocycles. The fourth-order valence-electron chi connectivity index (χ4n) is 4.32. The van der Waals surface area contributed by atoms with Crippen LogP contribution in [0.4, 0.5) is 0 Å². The van der Waals surface area contributed by atoms with Crippen LogP contribution in [0.25, 0.3) is 0 Å². The molecule has 2 fully saturated rings. The lowest BCUT2D eigenvalue weighted by Gasteiger charge is -2.27. The summed E-state index contributed by atoms with van der Waals surface area (Å²) in [6.07, 6.45) is 7.16. The average Bonchev–Trinajstić information content (AvgIpc) is 2.94. The van der Waals surface area contributed by atoms with Crippen LogP contribution in [0.15, 0.2) is 11.1 Å². The molecule has 0 bridgehead atoms. The third-order valence-electron chi connectivity index (χ3n) is 5.41. The van der Waals surface area contributed by atoms with E-state index in [1.165, 1.54) is 12.8 Å². The van der Waals surface area contributed by atoms with Crippen molar-refractivity contribution in [2.75, 3.05) is 0 Å². The Morgan fingerprint density at radius 3 is 2.70 bits per heavy atom. The third-order valence-corrected chi connectivity index (χ3v) is 5.41. The van der Waals surface area contributed by atoms with E-state index in [2.05, 4.69) is 6.92 Å². The predicted octanol–water partition coefficient (Wildman–Crippen LogP) is 3.42. The Bertz CT molecular complexity index is 463. The number of carbonyl (C=O) groups is 2.